The molecule has 0 nitrogen and oxygen atoms in total. The molecule has 0 aliphatic heterocycles. The van der Waals surface area contributed by atoms with Crippen molar-refractivity contribution >= 4 is 5.57 Å². The Kier molecular flexibility index (Phi) is 5.24. The second kappa shape index (κ2) is 6.70. The third-order valence-corrected chi connectivity index (χ3v) is 5.58. The fraction of sp³-hybridized carbons (Fsp3) is 0.500. The zero-order valence-electron chi connectivity index (χ0n) is 15.6. The first-order valence-corrected chi connectivity index (χ1v) is 8.28. The summed E-state index contributed by atoms with van der Waals surface area (Å²) in [6, 6.07) is 0. The summed E-state index contributed by atoms with van der Waals surface area (Å²) in [4.78, 5) is 0. The van der Waals surface area contributed by atoms with Crippen LogP contribution in [-0.4, -0.2) is 42.0 Å². The molecule has 0 aromatic heterocycles. The minimum Gasteiger partial charge on any atom is -0.203 e. The van der Waals surface area contributed by atoms with Crippen molar-refractivity contribution in [3.05, 3.63) is 40.0 Å². The van der Waals surface area contributed by atoms with E-state index in [2.05, 4.69) is 0 Å². The van der Waals surface area contributed by atoms with Crippen LogP contribution in [0.4, 0.5) is 87.8 Å². The molecule has 36 heavy (non-hydrogen) atoms. The third-order valence-electron chi connectivity index (χ3n) is 5.58. The standard InChI is InChI=1S/C16F20/c17-4-1-2(5(18)7(20)6(4)19)9(15(31,32)33,12(25,26)16(34,35)36)8-3(1)10(21,22)13(27,28)14(29,30)11(8,23)24. The van der Waals surface area contributed by atoms with E-state index in [-0.39, 0.29) is 0 Å². The van der Waals surface area contributed by atoms with Crippen LogP contribution in [0.5, 0.6) is 0 Å². The lowest BCUT2D eigenvalue weighted by Crippen LogP contribution is -2.72. The second-order valence-corrected chi connectivity index (χ2v) is 7.37. The number of alkyl halides is 16. The van der Waals surface area contributed by atoms with Crippen LogP contribution in [0, 0.1) is 23.3 Å². The van der Waals surface area contributed by atoms with Gasteiger partial charge in [0, 0.05) is 22.3 Å². The Bertz CT molecular complexity index is 1180. The first kappa shape index (κ1) is 28.1. The van der Waals surface area contributed by atoms with Crippen LogP contribution >= 0.6 is 0 Å². The third kappa shape index (κ3) is 2.55. The summed E-state index contributed by atoms with van der Waals surface area (Å²) in [5, 5.41) is 0. The fourth-order valence-electron chi connectivity index (χ4n) is 4.06. The summed E-state index contributed by atoms with van der Waals surface area (Å²) in [5.41, 5.74) is -25.0. The lowest BCUT2D eigenvalue weighted by atomic mass is 9.65. The Balaban J connectivity index is 2.90. The lowest BCUT2D eigenvalue weighted by molar-refractivity contribution is -0.376. The fourth-order valence-corrected chi connectivity index (χ4v) is 4.06. The van der Waals surface area contributed by atoms with Gasteiger partial charge in [0.05, 0.1) is 0 Å². The second-order valence-electron chi connectivity index (χ2n) is 7.37. The van der Waals surface area contributed by atoms with Gasteiger partial charge in [-0.2, -0.15) is 70.2 Å². The molecule has 3 rings (SSSR count). The van der Waals surface area contributed by atoms with E-state index in [9.17, 15) is 87.8 Å². The predicted octanol–water partition coefficient (Wildman–Crippen LogP) is 7.56. The number of hydrogen-bond donors (Lipinski definition) is 0. The van der Waals surface area contributed by atoms with E-state index in [1.807, 2.05) is 0 Å². The summed E-state index contributed by atoms with van der Waals surface area (Å²) in [6.45, 7) is 0. The molecule has 1 aromatic carbocycles. The van der Waals surface area contributed by atoms with Crippen molar-refractivity contribution < 1.29 is 87.8 Å². The molecule has 0 saturated carbocycles. The Morgan fingerprint density at radius 3 is 1.28 bits per heavy atom. The van der Waals surface area contributed by atoms with Gasteiger partial charge in [-0.1, -0.05) is 0 Å². The maximum absolute atomic E-state index is 14.5. The molecule has 0 fully saturated rings. The highest BCUT2D eigenvalue weighted by molar-refractivity contribution is 5.89. The zero-order chi connectivity index (χ0) is 28.6. The molecule has 1 atom stereocenters. The van der Waals surface area contributed by atoms with Gasteiger partial charge in [0.1, 0.15) is 0 Å². The van der Waals surface area contributed by atoms with Crippen LogP contribution in [0.2, 0.25) is 0 Å². The van der Waals surface area contributed by atoms with Gasteiger partial charge in [0.2, 0.25) is 0 Å². The Morgan fingerprint density at radius 2 is 0.889 bits per heavy atom. The molecule has 2 aliphatic rings. The summed E-state index contributed by atoms with van der Waals surface area (Å²) in [6.07, 6.45) is -16.0. The number of rotatable bonds is 1. The number of halogens is 20. The molecule has 0 bridgehead atoms. The average Bonchev–Trinajstić information content (AvgIpc) is 3.03. The average molecular weight is 572 g/mol. The van der Waals surface area contributed by atoms with Crippen molar-refractivity contribution in [2.24, 2.45) is 0 Å². The van der Waals surface area contributed by atoms with E-state index in [1.54, 1.807) is 0 Å². The van der Waals surface area contributed by atoms with Gasteiger partial charge in [-0.15, -0.1) is 0 Å². The molecular formula is C16F20. The Labute approximate surface area is 182 Å². The van der Waals surface area contributed by atoms with Gasteiger partial charge in [-0.05, 0) is 0 Å². The highest BCUT2D eigenvalue weighted by atomic mass is 19.4. The lowest BCUT2D eigenvalue weighted by Gasteiger charge is -2.48. The highest BCUT2D eigenvalue weighted by Crippen LogP contribution is 2.76. The molecule has 0 heterocycles. The maximum Gasteiger partial charge on any atom is 0.454 e. The molecule has 1 aromatic rings. The van der Waals surface area contributed by atoms with Crippen molar-refractivity contribution in [3.8, 4) is 0 Å². The van der Waals surface area contributed by atoms with E-state index < -0.39 is 92.9 Å². The molecule has 20 heteroatoms. The van der Waals surface area contributed by atoms with E-state index in [0.29, 0.717) is 0 Å². The van der Waals surface area contributed by atoms with Crippen molar-refractivity contribution in [1.29, 1.82) is 0 Å². The number of benzene rings is 1. The molecule has 0 N–H and O–H groups in total. The predicted molar refractivity (Wildman–Crippen MR) is 71.7 cm³/mol. The molecule has 204 valence electrons. The van der Waals surface area contributed by atoms with E-state index in [0.717, 1.165) is 0 Å². The Hall–Kier alpha value is -2.44. The summed E-state index contributed by atoms with van der Waals surface area (Å²) < 4.78 is 279. The van der Waals surface area contributed by atoms with E-state index in [4.69, 9.17) is 0 Å². The molecule has 0 radical (unpaired) electrons. The monoisotopic (exact) mass is 572 g/mol. The number of allylic oxidation sites excluding steroid dienone is 2. The van der Waals surface area contributed by atoms with Crippen molar-refractivity contribution in [1.82, 2.24) is 0 Å². The molecular weight excluding hydrogens is 572 g/mol. The van der Waals surface area contributed by atoms with Gasteiger partial charge >= 0.3 is 42.0 Å². The van der Waals surface area contributed by atoms with E-state index in [1.165, 1.54) is 0 Å². The van der Waals surface area contributed by atoms with Crippen LogP contribution < -0.4 is 0 Å². The smallest absolute Gasteiger partial charge is 0.203 e. The minimum atomic E-state index is -8.20. The first-order valence-electron chi connectivity index (χ1n) is 8.28. The van der Waals surface area contributed by atoms with Crippen molar-refractivity contribution in [2.75, 3.05) is 0 Å². The summed E-state index contributed by atoms with van der Waals surface area (Å²) in [7, 11) is 0. The van der Waals surface area contributed by atoms with Gasteiger partial charge < -0.3 is 0 Å². The Morgan fingerprint density at radius 1 is 0.500 bits per heavy atom. The number of hydrogen-bond acceptors (Lipinski definition) is 0. The minimum absolute atomic E-state index is 3.63. The van der Waals surface area contributed by atoms with Crippen LogP contribution in [0.15, 0.2) is 5.57 Å². The molecule has 1 unspecified atom stereocenters. The van der Waals surface area contributed by atoms with Crippen molar-refractivity contribution in [2.45, 2.75) is 47.4 Å². The van der Waals surface area contributed by atoms with Crippen LogP contribution in [-0.2, 0) is 5.41 Å². The summed E-state index contributed by atoms with van der Waals surface area (Å²) in [5.74, 6) is -54.5. The van der Waals surface area contributed by atoms with Gasteiger partial charge in [0.15, 0.2) is 28.7 Å². The normalized spacial score (nSPS) is 26.7. The quantitative estimate of drug-likeness (QED) is 0.185. The SMILES string of the molecule is Fc1c(F)c(F)c2c(c1F)C1=C(C(F)(F)C(F)(F)C(F)(F)C1(F)F)C2(C(F)(F)F)C(F)(F)C(F)(F)F. The number of fused-ring (bicyclic) bond motifs is 2. The highest BCUT2D eigenvalue weighted by Gasteiger charge is 2.95. The van der Waals surface area contributed by atoms with E-state index >= 15 is 0 Å². The van der Waals surface area contributed by atoms with Crippen molar-refractivity contribution in [3.63, 3.8) is 0 Å². The van der Waals surface area contributed by atoms with Gasteiger partial charge in [-0.3, -0.25) is 0 Å². The van der Waals surface area contributed by atoms with Crippen LogP contribution in [0.3, 0.4) is 0 Å². The maximum atomic E-state index is 14.5. The first-order chi connectivity index (χ1) is 15.6. The zero-order valence-corrected chi connectivity index (χ0v) is 15.6. The molecule has 0 saturated heterocycles. The molecule has 0 amide bonds. The van der Waals surface area contributed by atoms with Crippen LogP contribution in [0.25, 0.3) is 5.57 Å². The molecule has 0 spiro atoms. The van der Waals surface area contributed by atoms with Crippen LogP contribution in [0.1, 0.15) is 11.1 Å². The summed E-state index contributed by atoms with van der Waals surface area (Å²) >= 11 is 0. The largest absolute Gasteiger partial charge is 0.454 e. The van der Waals surface area contributed by atoms with Gasteiger partial charge in [0.25, 0.3) is 0 Å². The topological polar surface area (TPSA) is 0 Å². The molecule has 2 aliphatic carbocycles. The van der Waals surface area contributed by atoms with Gasteiger partial charge in [-0.25, -0.2) is 17.6 Å².